The van der Waals surface area contributed by atoms with E-state index in [-0.39, 0.29) is 22.9 Å². The summed E-state index contributed by atoms with van der Waals surface area (Å²) in [5.74, 6) is 1.35. The number of aliphatic hydroxyl groups excluding tert-OH is 1. The Balaban J connectivity index is 1.24. The fourth-order valence-electron chi connectivity index (χ4n) is 8.51. The maximum Gasteiger partial charge on any atom is 0.201 e. The van der Waals surface area contributed by atoms with Crippen LogP contribution in [0.3, 0.4) is 0 Å². The molecule has 6 nitrogen and oxygen atoms in total. The zero-order valence-corrected chi connectivity index (χ0v) is 25.4. The van der Waals surface area contributed by atoms with Gasteiger partial charge in [0.15, 0.2) is 0 Å². The van der Waals surface area contributed by atoms with Gasteiger partial charge >= 0.3 is 0 Å². The lowest BCUT2D eigenvalue weighted by molar-refractivity contribution is -0.109. The molecule has 4 aromatic rings. The van der Waals surface area contributed by atoms with Gasteiger partial charge in [0.2, 0.25) is 5.78 Å². The normalized spacial score (nSPS) is 30.1. The standard InChI is InChI=1S/C38H38N4O2/c1-21-13-17-37(18-14-21)39-27-7-3-5-23-9-11-25(33(41-37)29(23)27)31-35(43)32(36(31)44)26-12-10-24-6-4-8-28-30(24)34(26)42-38(40-28)19-15-22(2)16-20-38/h3-12,21-22,39-41,43H,13-20H2,1-2H3/b32-26+. The number of carbonyl (C=O) groups is 1. The summed E-state index contributed by atoms with van der Waals surface area (Å²) in [6, 6.07) is 20.7. The Morgan fingerprint density at radius 2 is 1.36 bits per heavy atom. The highest BCUT2D eigenvalue weighted by atomic mass is 16.3. The predicted molar refractivity (Wildman–Crippen MR) is 178 cm³/mol. The van der Waals surface area contributed by atoms with Gasteiger partial charge < -0.3 is 21.1 Å². The molecule has 3 aliphatic carbocycles. The van der Waals surface area contributed by atoms with Gasteiger partial charge in [-0.3, -0.25) is 9.79 Å². The van der Waals surface area contributed by atoms with Crippen LogP contribution < -0.4 is 26.5 Å². The molecular weight excluding hydrogens is 544 g/mol. The van der Waals surface area contributed by atoms with E-state index in [1.807, 2.05) is 12.1 Å². The summed E-state index contributed by atoms with van der Waals surface area (Å²) in [5.41, 5.74) is 4.04. The summed E-state index contributed by atoms with van der Waals surface area (Å²) < 4.78 is 0. The summed E-state index contributed by atoms with van der Waals surface area (Å²) in [6.07, 6.45) is 8.44. The summed E-state index contributed by atoms with van der Waals surface area (Å²) in [4.78, 5) is 19.6. The third-order valence-corrected chi connectivity index (χ3v) is 11.2. The number of nitrogens with one attached hydrogen (secondary N) is 3. The van der Waals surface area contributed by atoms with Crippen molar-refractivity contribution in [3.63, 3.8) is 0 Å². The molecular formula is C38H38N4O2. The number of aliphatic hydroxyl groups is 1. The van der Waals surface area contributed by atoms with Crippen molar-refractivity contribution in [1.82, 2.24) is 0 Å². The summed E-state index contributed by atoms with van der Waals surface area (Å²) in [5, 5.41) is 29.2. The fraction of sp³-hybridized carbons (Fsp3) is 0.368. The SMILES string of the molecule is CC1CCC2(CC1)N=c1/c(=C3/C(=O)C(c4ccc5cccc6c5c4NC4(CCC(C)CC4)N6)=C3O)ccc3cccc(c13)N2. The largest absolute Gasteiger partial charge is 0.506 e. The minimum Gasteiger partial charge on any atom is -0.506 e. The van der Waals surface area contributed by atoms with E-state index in [0.29, 0.717) is 23.0 Å². The fourth-order valence-corrected chi connectivity index (χ4v) is 8.51. The third kappa shape index (κ3) is 3.66. The molecule has 4 N–H and O–H groups in total. The first kappa shape index (κ1) is 26.1. The topological polar surface area (TPSA) is 85.8 Å². The van der Waals surface area contributed by atoms with Gasteiger partial charge in [-0.25, -0.2) is 0 Å². The van der Waals surface area contributed by atoms with Gasteiger partial charge in [0.05, 0.1) is 22.2 Å². The van der Waals surface area contributed by atoms with Gasteiger partial charge in [0.25, 0.3) is 0 Å². The van der Waals surface area contributed by atoms with E-state index < -0.39 is 0 Å². The minimum absolute atomic E-state index is 0.0721. The van der Waals surface area contributed by atoms with Crippen molar-refractivity contribution in [2.24, 2.45) is 16.8 Å². The average molecular weight is 583 g/mol. The van der Waals surface area contributed by atoms with Gasteiger partial charge in [-0.2, -0.15) is 0 Å². The number of carbonyl (C=O) groups excluding carboxylic acids is 1. The molecule has 0 unspecified atom stereocenters. The van der Waals surface area contributed by atoms with Gasteiger partial charge in [0, 0.05) is 32.9 Å². The Bertz CT molecular complexity index is 2080. The second-order valence-corrected chi connectivity index (χ2v) is 14.2. The number of nitrogens with zero attached hydrogens (tertiary/aromatic N) is 1. The lowest BCUT2D eigenvalue weighted by Crippen LogP contribution is -2.50. The smallest absolute Gasteiger partial charge is 0.201 e. The highest BCUT2D eigenvalue weighted by Crippen LogP contribution is 2.49. The molecule has 0 amide bonds. The summed E-state index contributed by atoms with van der Waals surface area (Å²) in [6.45, 7) is 4.64. The van der Waals surface area contributed by atoms with Crippen LogP contribution >= 0.6 is 0 Å². The predicted octanol–water partition coefficient (Wildman–Crippen LogP) is 7.39. The zero-order chi connectivity index (χ0) is 29.8. The maximum absolute atomic E-state index is 14.3. The number of ketones is 1. The number of allylic oxidation sites excluding steroid dienone is 2. The molecule has 222 valence electrons. The molecule has 9 rings (SSSR count). The second-order valence-electron chi connectivity index (χ2n) is 14.2. The van der Waals surface area contributed by atoms with E-state index in [4.69, 9.17) is 4.99 Å². The van der Waals surface area contributed by atoms with E-state index in [1.54, 1.807) is 0 Å². The molecule has 5 aliphatic rings. The number of hydrogen-bond donors (Lipinski definition) is 4. The van der Waals surface area contributed by atoms with E-state index >= 15 is 0 Å². The molecule has 2 fully saturated rings. The molecule has 0 aromatic heterocycles. The van der Waals surface area contributed by atoms with Crippen LogP contribution in [0.15, 0.2) is 71.4 Å². The average Bonchev–Trinajstić information content (AvgIpc) is 3.03. The number of anilines is 3. The highest BCUT2D eigenvalue weighted by molar-refractivity contribution is 6.52. The number of hydrogen-bond acceptors (Lipinski definition) is 6. The number of benzene rings is 4. The molecule has 0 saturated heterocycles. The van der Waals surface area contributed by atoms with E-state index in [0.717, 1.165) is 106 Å². The first-order chi connectivity index (χ1) is 21.3. The van der Waals surface area contributed by atoms with Gasteiger partial charge in [-0.1, -0.05) is 62.4 Å². The molecule has 4 aromatic carbocycles. The van der Waals surface area contributed by atoms with Crippen LogP contribution in [-0.2, 0) is 4.79 Å². The second kappa shape index (κ2) is 9.10. The van der Waals surface area contributed by atoms with Gasteiger partial charge in [-0.15, -0.1) is 0 Å². The first-order valence-electron chi connectivity index (χ1n) is 16.4. The van der Waals surface area contributed by atoms with Crippen molar-refractivity contribution < 1.29 is 9.90 Å². The summed E-state index contributed by atoms with van der Waals surface area (Å²) >= 11 is 0. The quantitative estimate of drug-likeness (QED) is 0.188. The molecule has 2 heterocycles. The lowest BCUT2D eigenvalue weighted by Gasteiger charge is -2.46. The zero-order valence-electron chi connectivity index (χ0n) is 25.4. The van der Waals surface area contributed by atoms with E-state index in [2.05, 4.69) is 78.3 Å². The third-order valence-electron chi connectivity index (χ3n) is 11.2. The number of Topliss-reactive ketones (excluding diaryl/α,β-unsaturated/α-hetero) is 1. The molecule has 0 atom stereocenters. The Labute approximate surface area is 257 Å². The maximum atomic E-state index is 14.3. The van der Waals surface area contributed by atoms with Crippen LogP contribution in [0.1, 0.15) is 70.8 Å². The molecule has 0 bridgehead atoms. The highest BCUT2D eigenvalue weighted by Gasteiger charge is 2.43. The minimum atomic E-state index is -0.374. The van der Waals surface area contributed by atoms with Crippen LogP contribution in [0.25, 0.3) is 32.7 Å². The van der Waals surface area contributed by atoms with Crippen molar-refractivity contribution in [3.8, 4) is 0 Å². The van der Waals surface area contributed by atoms with Gasteiger partial charge in [-0.05, 0) is 86.1 Å². The van der Waals surface area contributed by atoms with Crippen LogP contribution in [0.2, 0.25) is 0 Å². The van der Waals surface area contributed by atoms with Crippen molar-refractivity contribution in [2.45, 2.75) is 76.5 Å². The van der Waals surface area contributed by atoms with Crippen molar-refractivity contribution in [1.29, 1.82) is 0 Å². The Kier molecular flexibility index (Phi) is 5.40. The molecule has 6 heteroatoms. The van der Waals surface area contributed by atoms with Gasteiger partial charge in [0.1, 0.15) is 17.1 Å². The monoisotopic (exact) mass is 582 g/mol. The molecule has 0 radical (unpaired) electrons. The van der Waals surface area contributed by atoms with E-state index in [9.17, 15) is 9.90 Å². The lowest BCUT2D eigenvalue weighted by atomic mass is 9.77. The number of rotatable bonds is 1. The first-order valence-corrected chi connectivity index (χ1v) is 16.4. The molecule has 44 heavy (non-hydrogen) atoms. The Hall–Kier alpha value is -4.32. The van der Waals surface area contributed by atoms with Crippen molar-refractivity contribution in [3.05, 3.63) is 82.6 Å². The molecule has 2 spiro atoms. The van der Waals surface area contributed by atoms with E-state index in [1.165, 1.54) is 0 Å². The van der Waals surface area contributed by atoms with Crippen LogP contribution in [0.5, 0.6) is 0 Å². The Morgan fingerprint density at radius 3 is 2.07 bits per heavy atom. The van der Waals surface area contributed by atoms with Crippen molar-refractivity contribution >= 4 is 55.5 Å². The Morgan fingerprint density at radius 1 is 0.727 bits per heavy atom. The van der Waals surface area contributed by atoms with Crippen LogP contribution in [0.4, 0.5) is 17.1 Å². The summed E-state index contributed by atoms with van der Waals surface area (Å²) in [7, 11) is 0. The molecule has 2 saturated carbocycles. The molecule has 2 aliphatic heterocycles. The van der Waals surface area contributed by atoms with Crippen LogP contribution in [0, 0.1) is 11.8 Å². The van der Waals surface area contributed by atoms with Crippen molar-refractivity contribution in [2.75, 3.05) is 16.0 Å². The van der Waals surface area contributed by atoms with Crippen LogP contribution in [-0.4, -0.2) is 22.2 Å².